The van der Waals surface area contributed by atoms with Crippen LogP contribution in [0.25, 0.3) is 0 Å². The first-order valence-corrected chi connectivity index (χ1v) is 10.8. The van der Waals surface area contributed by atoms with Crippen molar-refractivity contribution in [3.63, 3.8) is 0 Å². The molecular weight excluding hydrogens is 390 g/mol. The summed E-state index contributed by atoms with van der Waals surface area (Å²) in [4.78, 5) is 25.8. The maximum Gasteiger partial charge on any atom is 0.225 e. The molecule has 2 atom stereocenters. The summed E-state index contributed by atoms with van der Waals surface area (Å²) in [5.74, 6) is 1.25. The Hall–Kier alpha value is -3.08. The van der Waals surface area contributed by atoms with Gasteiger partial charge in [-0.05, 0) is 61.9 Å². The summed E-state index contributed by atoms with van der Waals surface area (Å²) in [6, 6.07) is 13.9. The van der Waals surface area contributed by atoms with Gasteiger partial charge < -0.3 is 14.8 Å². The van der Waals surface area contributed by atoms with E-state index in [9.17, 15) is 9.59 Å². The van der Waals surface area contributed by atoms with Crippen molar-refractivity contribution in [3.8, 4) is 11.5 Å². The fourth-order valence-corrected chi connectivity index (χ4v) is 4.73. The van der Waals surface area contributed by atoms with Crippen LogP contribution >= 0.6 is 0 Å². The fraction of sp³-hybridized carbons (Fsp3) is 0.385. The number of rotatable bonds is 5. The van der Waals surface area contributed by atoms with Gasteiger partial charge in [-0.1, -0.05) is 30.3 Å². The van der Waals surface area contributed by atoms with Crippen molar-refractivity contribution in [1.82, 2.24) is 5.32 Å². The van der Waals surface area contributed by atoms with Crippen LogP contribution < -0.4 is 14.8 Å². The first-order valence-electron chi connectivity index (χ1n) is 10.8. The van der Waals surface area contributed by atoms with Crippen LogP contribution in [0.4, 0.5) is 0 Å². The number of Topliss-reactive ketones (excluding diaryl/α,β-unsaturated/α-hetero) is 1. The average Bonchev–Trinajstić information content (AvgIpc) is 2.73. The molecule has 31 heavy (non-hydrogen) atoms. The fourth-order valence-electron chi connectivity index (χ4n) is 4.73. The molecule has 0 fully saturated rings. The molecular formula is C26H29NO4. The number of methoxy groups -OCH3 is 1. The van der Waals surface area contributed by atoms with Crippen LogP contribution in [0.3, 0.4) is 0 Å². The molecule has 1 amide bonds. The van der Waals surface area contributed by atoms with Gasteiger partial charge in [-0.3, -0.25) is 9.59 Å². The molecule has 1 aliphatic heterocycles. The molecule has 2 aromatic rings. The second kappa shape index (κ2) is 8.58. The number of ketones is 1. The third kappa shape index (κ3) is 4.22. The zero-order valence-corrected chi connectivity index (χ0v) is 18.5. The Kier molecular flexibility index (Phi) is 5.86. The number of amides is 1. The van der Waals surface area contributed by atoms with Gasteiger partial charge in [0, 0.05) is 30.0 Å². The quantitative estimate of drug-likeness (QED) is 0.756. The monoisotopic (exact) mass is 419 g/mol. The lowest BCUT2D eigenvalue weighted by Crippen LogP contribution is -2.38. The van der Waals surface area contributed by atoms with Crippen molar-refractivity contribution < 1.29 is 19.1 Å². The predicted molar refractivity (Wildman–Crippen MR) is 119 cm³/mol. The molecule has 162 valence electrons. The number of benzene rings is 2. The topological polar surface area (TPSA) is 64.6 Å². The number of nitrogens with one attached hydrogen (secondary N) is 1. The minimum absolute atomic E-state index is 0.0100. The molecule has 2 unspecified atom stereocenters. The first-order chi connectivity index (χ1) is 14.9. The second-order valence-electron chi connectivity index (χ2n) is 8.66. The van der Waals surface area contributed by atoms with Crippen LogP contribution in [0.5, 0.6) is 11.5 Å². The Morgan fingerprint density at radius 1 is 1.00 bits per heavy atom. The minimum atomic E-state index is -0.172. The van der Waals surface area contributed by atoms with E-state index in [-0.39, 0.29) is 29.6 Å². The molecule has 1 N–H and O–H groups in total. The Morgan fingerprint density at radius 2 is 1.77 bits per heavy atom. The molecule has 1 heterocycles. The zero-order valence-electron chi connectivity index (χ0n) is 18.5. The van der Waals surface area contributed by atoms with E-state index in [0.29, 0.717) is 30.8 Å². The van der Waals surface area contributed by atoms with Crippen LogP contribution in [0, 0.1) is 6.92 Å². The maximum absolute atomic E-state index is 13.3. The zero-order chi connectivity index (χ0) is 22.1. The third-order valence-electron chi connectivity index (χ3n) is 6.12. The van der Waals surface area contributed by atoms with Crippen LogP contribution in [-0.2, 0) is 9.59 Å². The third-order valence-corrected chi connectivity index (χ3v) is 6.12. The molecule has 2 aromatic carbocycles. The van der Waals surface area contributed by atoms with Crippen molar-refractivity contribution in [3.05, 3.63) is 70.4 Å². The van der Waals surface area contributed by atoms with E-state index < -0.39 is 0 Å². The van der Waals surface area contributed by atoms with E-state index in [0.717, 1.165) is 28.0 Å². The lowest BCUT2D eigenvalue weighted by atomic mass is 9.73. The number of allylic oxidation sites excluding steroid dienone is 2. The van der Waals surface area contributed by atoms with Gasteiger partial charge in [0.2, 0.25) is 5.91 Å². The smallest absolute Gasteiger partial charge is 0.225 e. The molecule has 5 nitrogen and oxygen atoms in total. The molecule has 2 aliphatic rings. The molecule has 0 bridgehead atoms. The number of hydrogen-bond donors (Lipinski definition) is 1. The summed E-state index contributed by atoms with van der Waals surface area (Å²) < 4.78 is 11.3. The number of carbonyl (C=O) groups excluding carboxylic acids is 2. The van der Waals surface area contributed by atoms with E-state index in [2.05, 4.69) is 5.32 Å². The van der Waals surface area contributed by atoms with E-state index in [4.69, 9.17) is 9.47 Å². The number of ether oxygens (including phenoxy) is 2. The lowest BCUT2D eigenvalue weighted by molar-refractivity contribution is -0.122. The van der Waals surface area contributed by atoms with Gasteiger partial charge in [0.15, 0.2) is 17.3 Å². The molecule has 0 radical (unpaired) electrons. The summed E-state index contributed by atoms with van der Waals surface area (Å²) in [5, 5.41) is 3.00. The second-order valence-corrected chi connectivity index (χ2v) is 8.66. The average molecular weight is 420 g/mol. The normalized spacial score (nSPS) is 21.1. The van der Waals surface area contributed by atoms with Crippen LogP contribution in [0.1, 0.15) is 61.6 Å². The number of hydrogen-bond acceptors (Lipinski definition) is 4. The SMILES string of the molecule is COc1cc(C2CC(=O)C3=C(C2)NC(=O)CC3c2ccccc2C)ccc1OC(C)C. The van der Waals surface area contributed by atoms with E-state index in [1.807, 2.05) is 63.2 Å². The molecule has 0 saturated heterocycles. The van der Waals surface area contributed by atoms with Crippen LogP contribution in [-0.4, -0.2) is 24.9 Å². The van der Waals surface area contributed by atoms with E-state index >= 15 is 0 Å². The summed E-state index contributed by atoms with van der Waals surface area (Å²) in [6.45, 7) is 5.97. The molecule has 1 aliphatic carbocycles. The van der Waals surface area contributed by atoms with Crippen molar-refractivity contribution in [2.45, 2.75) is 58.0 Å². The summed E-state index contributed by atoms with van der Waals surface area (Å²) in [5.41, 5.74) is 4.73. The van der Waals surface area contributed by atoms with Gasteiger partial charge >= 0.3 is 0 Å². The van der Waals surface area contributed by atoms with E-state index in [1.54, 1.807) is 7.11 Å². The predicted octanol–water partition coefficient (Wildman–Crippen LogP) is 4.80. The number of aryl methyl sites for hydroxylation is 1. The van der Waals surface area contributed by atoms with Gasteiger partial charge in [-0.2, -0.15) is 0 Å². The Labute approximate surface area is 183 Å². The summed E-state index contributed by atoms with van der Waals surface area (Å²) in [7, 11) is 1.62. The highest BCUT2D eigenvalue weighted by molar-refractivity contribution is 6.02. The van der Waals surface area contributed by atoms with Crippen molar-refractivity contribution in [2.75, 3.05) is 7.11 Å². The highest BCUT2D eigenvalue weighted by Crippen LogP contribution is 2.44. The molecule has 0 aromatic heterocycles. The van der Waals surface area contributed by atoms with Gasteiger partial charge in [0.1, 0.15) is 0 Å². The standard InChI is InChI=1S/C26H29NO4/c1-15(2)31-23-10-9-17(13-24(23)30-4)18-11-21-26(22(28)12-18)20(14-25(29)27-21)19-8-6-5-7-16(19)3/h5-10,13,15,18,20H,11-12,14H2,1-4H3,(H,27,29). The van der Waals surface area contributed by atoms with Crippen molar-refractivity contribution in [1.29, 1.82) is 0 Å². The largest absolute Gasteiger partial charge is 0.493 e. The van der Waals surface area contributed by atoms with Gasteiger partial charge in [0.25, 0.3) is 0 Å². The van der Waals surface area contributed by atoms with Crippen molar-refractivity contribution >= 4 is 11.7 Å². The Morgan fingerprint density at radius 3 is 2.48 bits per heavy atom. The maximum atomic E-state index is 13.3. The lowest BCUT2D eigenvalue weighted by Gasteiger charge is -2.35. The molecule has 0 spiro atoms. The Bertz CT molecular complexity index is 1050. The van der Waals surface area contributed by atoms with E-state index in [1.165, 1.54) is 0 Å². The van der Waals surface area contributed by atoms with Crippen molar-refractivity contribution in [2.24, 2.45) is 0 Å². The summed E-state index contributed by atoms with van der Waals surface area (Å²) >= 11 is 0. The van der Waals surface area contributed by atoms with Gasteiger partial charge in [-0.15, -0.1) is 0 Å². The van der Waals surface area contributed by atoms with Gasteiger partial charge in [0.05, 0.1) is 13.2 Å². The first kappa shape index (κ1) is 21.2. The van der Waals surface area contributed by atoms with Gasteiger partial charge in [-0.25, -0.2) is 0 Å². The number of carbonyl (C=O) groups is 2. The Balaban J connectivity index is 1.67. The molecule has 0 saturated carbocycles. The molecule has 4 rings (SSSR count). The van der Waals surface area contributed by atoms with Crippen LogP contribution in [0.15, 0.2) is 53.7 Å². The summed E-state index contributed by atoms with van der Waals surface area (Å²) in [6.07, 6.45) is 1.40. The highest BCUT2D eigenvalue weighted by atomic mass is 16.5. The minimum Gasteiger partial charge on any atom is -0.493 e. The van der Waals surface area contributed by atoms with Crippen LogP contribution in [0.2, 0.25) is 0 Å². The molecule has 5 heteroatoms. The highest BCUT2D eigenvalue weighted by Gasteiger charge is 2.38.